The lowest BCUT2D eigenvalue weighted by atomic mass is 10.1. The molecule has 2 rings (SSSR count). The lowest BCUT2D eigenvalue weighted by Crippen LogP contribution is -2.30. The summed E-state index contributed by atoms with van der Waals surface area (Å²) in [5.74, 6) is 1.51. The Morgan fingerprint density at radius 2 is 1.80 bits per heavy atom. The Balaban J connectivity index is 2.05. The molecule has 2 aromatic rings. The van der Waals surface area contributed by atoms with E-state index in [1.807, 2.05) is 56.3 Å². The van der Waals surface area contributed by atoms with Gasteiger partial charge < -0.3 is 20.1 Å². The topological polar surface area (TPSA) is 42.5 Å². The molecule has 0 saturated carbocycles. The Kier molecular flexibility index (Phi) is 7.52. The van der Waals surface area contributed by atoms with Crippen LogP contribution < -0.4 is 20.1 Å². The molecule has 0 amide bonds. The monoisotopic (exact) mass is 422 g/mol. The normalized spacial score (nSPS) is 11.5. The maximum absolute atomic E-state index is 5.69. The highest BCUT2D eigenvalue weighted by atomic mass is 79.9. The third-order valence-corrected chi connectivity index (χ3v) is 4.21. The number of nitrogens with one attached hydrogen (secondary N) is 2. The standard InChI is InChI=1S/C19H23BrN2O2S/c1-4-23-17-10-9-14(11-18(17)24-5-2)13(3)21-19(25)22-16-8-6-7-15(20)12-16/h6-13H,4-5H2,1-3H3,(H2,21,22,25)/t13-/m0/s1. The van der Waals surface area contributed by atoms with Gasteiger partial charge in [-0.05, 0) is 68.9 Å². The molecule has 0 aliphatic rings. The van der Waals surface area contributed by atoms with Crippen LogP contribution in [0, 0.1) is 0 Å². The van der Waals surface area contributed by atoms with E-state index < -0.39 is 0 Å². The average molecular weight is 423 g/mol. The molecule has 0 radical (unpaired) electrons. The van der Waals surface area contributed by atoms with Crippen LogP contribution in [-0.2, 0) is 0 Å². The van der Waals surface area contributed by atoms with E-state index >= 15 is 0 Å². The molecule has 0 aliphatic heterocycles. The summed E-state index contributed by atoms with van der Waals surface area (Å²) in [6.45, 7) is 7.17. The number of benzene rings is 2. The molecule has 0 bridgehead atoms. The van der Waals surface area contributed by atoms with Crippen molar-refractivity contribution in [1.29, 1.82) is 0 Å². The van der Waals surface area contributed by atoms with Crippen molar-refractivity contribution in [1.82, 2.24) is 5.32 Å². The first-order valence-corrected chi connectivity index (χ1v) is 9.46. The van der Waals surface area contributed by atoms with E-state index in [0.717, 1.165) is 27.2 Å². The molecule has 0 saturated heterocycles. The molecule has 2 aromatic carbocycles. The van der Waals surface area contributed by atoms with Crippen molar-refractivity contribution >= 4 is 38.9 Å². The van der Waals surface area contributed by atoms with Crippen molar-refractivity contribution in [3.05, 3.63) is 52.5 Å². The Morgan fingerprint density at radius 3 is 2.48 bits per heavy atom. The highest BCUT2D eigenvalue weighted by molar-refractivity contribution is 9.10. The van der Waals surface area contributed by atoms with Gasteiger partial charge in [-0.1, -0.05) is 28.1 Å². The smallest absolute Gasteiger partial charge is 0.171 e. The Hall–Kier alpha value is -1.79. The summed E-state index contributed by atoms with van der Waals surface area (Å²) in [6, 6.07) is 13.9. The maximum Gasteiger partial charge on any atom is 0.171 e. The summed E-state index contributed by atoms with van der Waals surface area (Å²) in [4.78, 5) is 0. The molecule has 6 heteroatoms. The van der Waals surface area contributed by atoms with Crippen LogP contribution in [0.25, 0.3) is 0 Å². The second-order valence-electron chi connectivity index (χ2n) is 5.40. The summed E-state index contributed by atoms with van der Waals surface area (Å²) in [5.41, 5.74) is 2.01. The summed E-state index contributed by atoms with van der Waals surface area (Å²) in [6.07, 6.45) is 0. The minimum absolute atomic E-state index is 0.0297. The fraction of sp³-hybridized carbons (Fsp3) is 0.316. The second-order valence-corrected chi connectivity index (χ2v) is 6.73. The van der Waals surface area contributed by atoms with Crippen molar-refractivity contribution in [2.45, 2.75) is 26.8 Å². The molecule has 0 aliphatic carbocycles. The number of ether oxygens (including phenoxy) is 2. The molecule has 2 N–H and O–H groups in total. The van der Waals surface area contributed by atoms with Gasteiger partial charge in [-0.15, -0.1) is 0 Å². The van der Waals surface area contributed by atoms with E-state index in [1.54, 1.807) is 0 Å². The van der Waals surface area contributed by atoms with Gasteiger partial charge in [0, 0.05) is 10.2 Å². The number of hydrogen-bond donors (Lipinski definition) is 2. The second kappa shape index (κ2) is 9.63. The molecule has 0 heterocycles. The van der Waals surface area contributed by atoms with Gasteiger partial charge in [0.2, 0.25) is 0 Å². The van der Waals surface area contributed by atoms with E-state index in [4.69, 9.17) is 21.7 Å². The number of halogens is 1. The van der Waals surface area contributed by atoms with Crippen LogP contribution in [0.15, 0.2) is 46.9 Å². The van der Waals surface area contributed by atoms with Gasteiger partial charge in [0.25, 0.3) is 0 Å². The van der Waals surface area contributed by atoms with Crippen LogP contribution in [0.1, 0.15) is 32.4 Å². The van der Waals surface area contributed by atoms with Gasteiger partial charge >= 0.3 is 0 Å². The third kappa shape index (κ3) is 5.90. The highest BCUT2D eigenvalue weighted by Gasteiger charge is 2.12. The first kappa shape index (κ1) is 19.5. The van der Waals surface area contributed by atoms with Crippen molar-refractivity contribution in [2.24, 2.45) is 0 Å². The summed E-state index contributed by atoms with van der Waals surface area (Å²) in [5, 5.41) is 7.05. The predicted octanol–water partition coefficient (Wildman–Crippen LogP) is 5.29. The van der Waals surface area contributed by atoms with Gasteiger partial charge in [-0.3, -0.25) is 0 Å². The van der Waals surface area contributed by atoms with Crippen molar-refractivity contribution in [3.63, 3.8) is 0 Å². The zero-order chi connectivity index (χ0) is 18.2. The molecule has 4 nitrogen and oxygen atoms in total. The van der Waals surface area contributed by atoms with Gasteiger partial charge in [-0.25, -0.2) is 0 Å². The van der Waals surface area contributed by atoms with Gasteiger partial charge in [0.05, 0.1) is 19.3 Å². The fourth-order valence-electron chi connectivity index (χ4n) is 2.35. The maximum atomic E-state index is 5.69. The van der Waals surface area contributed by atoms with Crippen LogP contribution >= 0.6 is 28.1 Å². The number of hydrogen-bond acceptors (Lipinski definition) is 3. The summed E-state index contributed by atoms with van der Waals surface area (Å²) >= 11 is 8.87. The number of thiocarbonyl (C=S) groups is 1. The molecular formula is C19H23BrN2O2S. The Labute approximate surface area is 163 Å². The van der Waals surface area contributed by atoms with Crippen LogP contribution in [0.5, 0.6) is 11.5 Å². The quantitative estimate of drug-likeness (QED) is 0.592. The van der Waals surface area contributed by atoms with E-state index in [1.165, 1.54) is 0 Å². The van der Waals surface area contributed by atoms with Crippen molar-refractivity contribution in [2.75, 3.05) is 18.5 Å². The van der Waals surface area contributed by atoms with Gasteiger partial charge in [-0.2, -0.15) is 0 Å². The molecule has 0 unspecified atom stereocenters. The fourth-order valence-corrected chi connectivity index (χ4v) is 3.04. The molecule has 0 spiro atoms. The molecule has 1 atom stereocenters. The lowest BCUT2D eigenvalue weighted by molar-refractivity contribution is 0.287. The zero-order valence-corrected chi connectivity index (χ0v) is 17.0. The Bertz CT molecular complexity index is 724. The SMILES string of the molecule is CCOc1ccc([C@H](C)NC(=S)Nc2cccc(Br)c2)cc1OCC. The molecule has 0 fully saturated rings. The summed E-state index contributed by atoms with van der Waals surface area (Å²) in [7, 11) is 0. The first-order chi connectivity index (χ1) is 12.0. The van der Waals surface area contributed by atoms with E-state index in [9.17, 15) is 0 Å². The minimum Gasteiger partial charge on any atom is -0.490 e. The highest BCUT2D eigenvalue weighted by Crippen LogP contribution is 2.30. The minimum atomic E-state index is 0.0297. The van der Waals surface area contributed by atoms with Crippen LogP contribution in [0.2, 0.25) is 0 Å². The van der Waals surface area contributed by atoms with Crippen LogP contribution in [0.4, 0.5) is 5.69 Å². The lowest BCUT2D eigenvalue weighted by Gasteiger charge is -2.19. The molecule has 134 valence electrons. The van der Waals surface area contributed by atoms with E-state index in [2.05, 4.69) is 33.5 Å². The largest absolute Gasteiger partial charge is 0.490 e. The first-order valence-electron chi connectivity index (χ1n) is 8.26. The molecular weight excluding hydrogens is 400 g/mol. The zero-order valence-electron chi connectivity index (χ0n) is 14.6. The van der Waals surface area contributed by atoms with Crippen LogP contribution in [0.3, 0.4) is 0 Å². The van der Waals surface area contributed by atoms with E-state index in [-0.39, 0.29) is 6.04 Å². The average Bonchev–Trinajstić information content (AvgIpc) is 2.56. The number of anilines is 1. The third-order valence-electron chi connectivity index (χ3n) is 3.50. The van der Waals surface area contributed by atoms with Crippen molar-refractivity contribution in [3.8, 4) is 11.5 Å². The van der Waals surface area contributed by atoms with Gasteiger partial charge in [0.1, 0.15) is 0 Å². The number of rotatable bonds is 7. The molecule has 0 aromatic heterocycles. The summed E-state index contributed by atoms with van der Waals surface area (Å²) < 4.78 is 12.3. The predicted molar refractivity (Wildman–Crippen MR) is 111 cm³/mol. The molecule has 25 heavy (non-hydrogen) atoms. The van der Waals surface area contributed by atoms with Crippen LogP contribution in [-0.4, -0.2) is 18.3 Å². The van der Waals surface area contributed by atoms with Crippen molar-refractivity contribution < 1.29 is 9.47 Å². The Morgan fingerprint density at radius 1 is 1.08 bits per heavy atom. The van der Waals surface area contributed by atoms with Gasteiger partial charge in [0.15, 0.2) is 16.6 Å². The van der Waals surface area contributed by atoms with E-state index in [0.29, 0.717) is 18.3 Å².